The lowest BCUT2D eigenvalue weighted by atomic mass is 10.1. The molecule has 2 rings (SSSR count). The summed E-state index contributed by atoms with van der Waals surface area (Å²) in [4.78, 5) is 37.3. The number of aromatic nitrogens is 1. The van der Waals surface area contributed by atoms with Crippen LogP contribution in [0.3, 0.4) is 0 Å². The van der Waals surface area contributed by atoms with Gasteiger partial charge in [-0.15, -0.1) is 0 Å². The minimum absolute atomic E-state index is 0.0968. The molecule has 1 aromatic heterocycles. The number of aryl methyl sites for hydroxylation is 1. The zero-order valence-electron chi connectivity index (χ0n) is 17.0. The van der Waals surface area contributed by atoms with Crippen LogP contribution in [0.2, 0.25) is 0 Å². The summed E-state index contributed by atoms with van der Waals surface area (Å²) in [5.74, 6) is -3.66. The first kappa shape index (κ1) is 23.1. The first-order valence-electron chi connectivity index (χ1n) is 8.91. The summed E-state index contributed by atoms with van der Waals surface area (Å²) in [5.41, 5.74) is 1.03. The van der Waals surface area contributed by atoms with Crippen LogP contribution in [0, 0.1) is 26.6 Å². The van der Waals surface area contributed by atoms with Crippen molar-refractivity contribution in [2.45, 2.75) is 39.9 Å². The summed E-state index contributed by atoms with van der Waals surface area (Å²) in [6.45, 7) is 5.20. The van der Waals surface area contributed by atoms with Gasteiger partial charge in [0.2, 0.25) is 0 Å². The van der Waals surface area contributed by atoms with E-state index in [4.69, 9.17) is 0 Å². The molecular formula is C20H21F4N3O3. The molecule has 1 atom stereocenters. The molecule has 0 aliphatic carbocycles. The van der Waals surface area contributed by atoms with Crippen molar-refractivity contribution in [2.75, 3.05) is 5.32 Å². The number of nitrogens with zero attached hydrogens (tertiary/aromatic N) is 1. The molecule has 2 N–H and O–H groups in total. The van der Waals surface area contributed by atoms with Gasteiger partial charge in [-0.25, -0.2) is 4.39 Å². The molecule has 10 heteroatoms. The number of ketones is 1. The van der Waals surface area contributed by atoms with E-state index in [2.05, 4.69) is 5.32 Å². The molecule has 2 amide bonds. The zero-order valence-corrected chi connectivity index (χ0v) is 17.0. The van der Waals surface area contributed by atoms with Gasteiger partial charge >= 0.3 is 6.18 Å². The van der Waals surface area contributed by atoms with Crippen LogP contribution in [0.25, 0.3) is 0 Å². The number of carbonyl (C=O) groups excluding carboxylic acids is 3. The number of carbonyl (C=O) groups is 3. The molecule has 0 aliphatic heterocycles. The number of halogens is 4. The van der Waals surface area contributed by atoms with Gasteiger partial charge in [-0.05, 0) is 57.0 Å². The molecule has 1 heterocycles. The fraction of sp³-hybridized carbons (Fsp3) is 0.350. The largest absolute Gasteiger partial charge is 0.408 e. The fourth-order valence-electron chi connectivity index (χ4n) is 3.00. The van der Waals surface area contributed by atoms with Crippen LogP contribution in [0.15, 0.2) is 18.2 Å². The van der Waals surface area contributed by atoms with Crippen LogP contribution in [0.5, 0.6) is 0 Å². The zero-order chi connectivity index (χ0) is 23.0. The third-order valence-corrected chi connectivity index (χ3v) is 4.83. The van der Waals surface area contributed by atoms with Crippen LogP contribution in [-0.2, 0) is 11.8 Å². The Balaban J connectivity index is 2.33. The Morgan fingerprint density at radius 2 is 1.70 bits per heavy atom. The number of benzene rings is 1. The normalized spacial score (nSPS) is 12.4. The molecule has 1 aromatic carbocycles. The monoisotopic (exact) mass is 427 g/mol. The van der Waals surface area contributed by atoms with Crippen molar-refractivity contribution in [3.63, 3.8) is 0 Å². The molecule has 1 unspecified atom stereocenters. The lowest BCUT2D eigenvalue weighted by molar-refractivity contribution is -0.156. The number of nitrogens with one attached hydrogen (secondary N) is 2. The van der Waals surface area contributed by atoms with Gasteiger partial charge in [0.05, 0.1) is 11.3 Å². The number of alkyl halides is 3. The summed E-state index contributed by atoms with van der Waals surface area (Å²) in [6, 6.07) is 1.78. The van der Waals surface area contributed by atoms with E-state index in [-0.39, 0.29) is 16.8 Å². The van der Waals surface area contributed by atoms with Gasteiger partial charge in [-0.2, -0.15) is 13.2 Å². The average molecular weight is 427 g/mol. The highest BCUT2D eigenvalue weighted by atomic mass is 19.4. The predicted molar refractivity (Wildman–Crippen MR) is 102 cm³/mol. The topological polar surface area (TPSA) is 80.2 Å². The molecule has 0 aliphatic rings. The van der Waals surface area contributed by atoms with E-state index in [0.717, 1.165) is 6.92 Å². The Labute approximate surface area is 170 Å². The van der Waals surface area contributed by atoms with E-state index < -0.39 is 35.6 Å². The van der Waals surface area contributed by atoms with Crippen LogP contribution in [-0.4, -0.2) is 34.4 Å². The van der Waals surface area contributed by atoms with Gasteiger partial charge in [0.1, 0.15) is 11.9 Å². The smallest absolute Gasteiger partial charge is 0.344 e. The summed E-state index contributed by atoms with van der Waals surface area (Å²) in [6.07, 6.45) is -4.70. The summed E-state index contributed by atoms with van der Waals surface area (Å²) in [7, 11) is 1.43. The van der Waals surface area contributed by atoms with Gasteiger partial charge in [0.15, 0.2) is 0 Å². The second kappa shape index (κ2) is 8.29. The molecule has 6 nitrogen and oxygen atoms in total. The van der Waals surface area contributed by atoms with Crippen LogP contribution in [0.4, 0.5) is 23.2 Å². The summed E-state index contributed by atoms with van der Waals surface area (Å²) in [5, 5.41) is 4.21. The Bertz CT molecular complexity index is 1030. The molecule has 162 valence electrons. The third-order valence-electron chi connectivity index (χ3n) is 4.83. The fourth-order valence-corrected chi connectivity index (χ4v) is 3.00. The van der Waals surface area contributed by atoms with Gasteiger partial charge in [-0.3, -0.25) is 14.4 Å². The minimum Gasteiger partial charge on any atom is -0.344 e. The SMILES string of the molecule is Cc1cc(NC(=O)c2c(C)c(C(=O)C(=O)NC(C)C(F)(F)F)n(C)c2C)ccc1F. The summed E-state index contributed by atoms with van der Waals surface area (Å²) >= 11 is 0. The van der Waals surface area contributed by atoms with Crippen molar-refractivity contribution in [1.29, 1.82) is 0 Å². The van der Waals surface area contributed by atoms with Gasteiger partial charge < -0.3 is 15.2 Å². The number of Topliss-reactive ketones (excluding diaryl/α,β-unsaturated/α-hetero) is 1. The highest BCUT2D eigenvalue weighted by Gasteiger charge is 2.39. The predicted octanol–water partition coefficient (Wildman–Crippen LogP) is 3.59. The van der Waals surface area contributed by atoms with Crippen molar-refractivity contribution in [2.24, 2.45) is 7.05 Å². The Morgan fingerprint density at radius 1 is 1.10 bits per heavy atom. The van der Waals surface area contributed by atoms with Crippen molar-refractivity contribution in [3.05, 3.63) is 52.1 Å². The molecule has 0 spiro atoms. The minimum atomic E-state index is -4.70. The van der Waals surface area contributed by atoms with Crippen molar-refractivity contribution < 1.29 is 31.9 Å². The van der Waals surface area contributed by atoms with Crippen molar-refractivity contribution >= 4 is 23.3 Å². The van der Waals surface area contributed by atoms with Crippen molar-refractivity contribution in [3.8, 4) is 0 Å². The second-order valence-electron chi connectivity index (χ2n) is 6.98. The van der Waals surface area contributed by atoms with Crippen LogP contribution < -0.4 is 10.6 Å². The standard InChI is InChI=1S/C20H21F4N3O3/c1-9-8-13(6-7-14(9)21)26-18(29)15-10(2)16(27(5)11(15)3)17(28)19(30)25-12(4)20(22,23)24/h6-8,12H,1-5H3,(H,25,30)(H,26,29). The molecule has 0 saturated heterocycles. The maximum Gasteiger partial charge on any atom is 0.408 e. The average Bonchev–Trinajstić information content (AvgIpc) is 2.85. The molecule has 0 bridgehead atoms. The van der Waals surface area contributed by atoms with Crippen molar-refractivity contribution in [1.82, 2.24) is 9.88 Å². The van der Waals surface area contributed by atoms with Gasteiger partial charge in [0.25, 0.3) is 17.6 Å². The Kier molecular flexibility index (Phi) is 6.39. The van der Waals surface area contributed by atoms with E-state index in [0.29, 0.717) is 16.9 Å². The van der Waals surface area contributed by atoms with E-state index in [9.17, 15) is 31.9 Å². The number of rotatable bonds is 5. The number of hydrogen-bond donors (Lipinski definition) is 2. The number of hydrogen-bond acceptors (Lipinski definition) is 3. The third kappa shape index (κ3) is 4.52. The maximum absolute atomic E-state index is 13.4. The van der Waals surface area contributed by atoms with E-state index in [1.807, 2.05) is 0 Å². The Hall–Kier alpha value is -3.17. The first-order valence-corrected chi connectivity index (χ1v) is 8.91. The van der Waals surface area contributed by atoms with E-state index in [1.165, 1.54) is 50.6 Å². The number of amides is 2. The molecule has 0 saturated carbocycles. The molecule has 0 radical (unpaired) electrons. The lowest BCUT2D eigenvalue weighted by Crippen LogP contribution is -2.46. The van der Waals surface area contributed by atoms with Crippen LogP contribution in [0.1, 0.15) is 44.6 Å². The molecular weight excluding hydrogens is 406 g/mol. The van der Waals surface area contributed by atoms with E-state index >= 15 is 0 Å². The van der Waals surface area contributed by atoms with Gasteiger partial charge in [-0.1, -0.05) is 0 Å². The first-order chi connectivity index (χ1) is 13.8. The summed E-state index contributed by atoms with van der Waals surface area (Å²) < 4.78 is 52.7. The second-order valence-corrected chi connectivity index (χ2v) is 6.98. The maximum atomic E-state index is 13.4. The number of anilines is 1. The van der Waals surface area contributed by atoms with E-state index in [1.54, 1.807) is 5.32 Å². The van der Waals surface area contributed by atoms with Gasteiger partial charge in [0, 0.05) is 18.4 Å². The molecule has 0 fully saturated rings. The highest BCUT2D eigenvalue weighted by Crippen LogP contribution is 2.24. The van der Waals surface area contributed by atoms with Crippen LogP contribution >= 0.6 is 0 Å². The Morgan fingerprint density at radius 3 is 2.23 bits per heavy atom. The molecule has 2 aromatic rings. The highest BCUT2D eigenvalue weighted by molar-refractivity contribution is 6.43. The quantitative estimate of drug-likeness (QED) is 0.435. The molecule has 30 heavy (non-hydrogen) atoms. The lowest BCUT2D eigenvalue weighted by Gasteiger charge is -2.16.